The molecule has 4 nitrogen and oxygen atoms in total. The topological polar surface area (TPSA) is 36.9 Å². The van der Waals surface area contributed by atoms with Crippen LogP contribution in [0.5, 0.6) is 0 Å². The highest BCUT2D eigenvalue weighted by molar-refractivity contribution is 4.73. The third kappa shape index (κ3) is 29.6. The van der Waals surface area contributed by atoms with Gasteiger partial charge in [0, 0.05) is 19.6 Å². The van der Waals surface area contributed by atoms with Crippen molar-refractivity contribution in [2.75, 3.05) is 26.6 Å². The van der Waals surface area contributed by atoms with Gasteiger partial charge in [-0.15, -0.1) is 0 Å². The second kappa shape index (κ2) is 32.4. The Morgan fingerprint density at radius 3 is 1.39 bits per heavy atom. The van der Waals surface area contributed by atoms with E-state index in [4.69, 9.17) is 18.9 Å². The van der Waals surface area contributed by atoms with E-state index >= 15 is 0 Å². The molecule has 0 bridgehead atoms. The number of allylic oxidation sites excluding steroid dienone is 1. The number of hydrogen-bond acceptors (Lipinski definition) is 4. The van der Waals surface area contributed by atoms with Crippen molar-refractivity contribution in [2.45, 2.75) is 168 Å². The summed E-state index contributed by atoms with van der Waals surface area (Å²) in [5, 5.41) is 0. The fourth-order valence-corrected chi connectivity index (χ4v) is 4.26. The summed E-state index contributed by atoms with van der Waals surface area (Å²) in [5.74, 6) is 0. The first-order chi connectivity index (χ1) is 17.8. The molecule has 4 heteroatoms. The van der Waals surface area contributed by atoms with Gasteiger partial charge in [-0.25, -0.2) is 0 Å². The second-order valence-electron chi connectivity index (χ2n) is 10.3. The van der Waals surface area contributed by atoms with Gasteiger partial charge < -0.3 is 18.9 Å². The van der Waals surface area contributed by atoms with Crippen molar-refractivity contribution in [1.82, 2.24) is 0 Å². The van der Waals surface area contributed by atoms with Gasteiger partial charge in [0.25, 0.3) is 0 Å². The van der Waals surface area contributed by atoms with Crippen molar-refractivity contribution >= 4 is 0 Å². The minimum Gasteiger partial charge on any atom is -0.475 e. The Morgan fingerprint density at radius 2 is 0.917 bits per heavy atom. The SMILES string of the molecule is CCCCCCCCCCOCOC=CCCC(OCCCCCCCC)OCCCCCCCC. The van der Waals surface area contributed by atoms with E-state index in [-0.39, 0.29) is 6.29 Å². The molecule has 0 aliphatic rings. The van der Waals surface area contributed by atoms with Crippen LogP contribution < -0.4 is 0 Å². The van der Waals surface area contributed by atoms with Gasteiger partial charge in [-0.1, -0.05) is 130 Å². The van der Waals surface area contributed by atoms with Gasteiger partial charge in [0.05, 0.1) is 12.9 Å². The molecule has 0 amide bonds. The van der Waals surface area contributed by atoms with Crippen molar-refractivity contribution in [3.63, 3.8) is 0 Å². The molecule has 0 aromatic rings. The van der Waals surface area contributed by atoms with Crippen LogP contribution >= 0.6 is 0 Å². The standard InChI is InChI=1S/C32H64O4/c1-4-7-10-13-16-17-18-22-27-33-31-34-28-25-21-26-32(35-29-23-19-14-11-8-5-2)36-30-24-20-15-12-9-6-3/h25,28,32H,4-24,26-27,29-31H2,1-3H3. The molecule has 0 heterocycles. The summed E-state index contributed by atoms with van der Waals surface area (Å²) in [5.41, 5.74) is 0. The first-order valence-corrected chi connectivity index (χ1v) is 15.9. The molecule has 0 atom stereocenters. The molecule has 0 N–H and O–H groups in total. The average Bonchev–Trinajstić information content (AvgIpc) is 2.89. The summed E-state index contributed by atoms with van der Waals surface area (Å²) in [6.45, 7) is 9.55. The molecule has 0 unspecified atom stereocenters. The summed E-state index contributed by atoms with van der Waals surface area (Å²) >= 11 is 0. The third-order valence-electron chi connectivity index (χ3n) is 6.66. The third-order valence-corrected chi connectivity index (χ3v) is 6.66. The molecule has 0 radical (unpaired) electrons. The van der Waals surface area contributed by atoms with Gasteiger partial charge in [-0.3, -0.25) is 0 Å². The second-order valence-corrected chi connectivity index (χ2v) is 10.3. The summed E-state index contributed by atoms with van der Waals surface area (Å²) < 4.78 is 23.3. The van der Waals surface area contributed by atoms with Crippen LogP contribution in [0.2, 0.25) is 0 Å². The minimum atomic E-state index is -0.0980. The number of ether oxygens (including phenoxy) is 4. The van der Waals surface area contributed by atoms with Gasteiger partial charge >= 0.3 is 0 Å². The lowest BCUT2D eigenvalue weighted by Crippen LogP contribution is -2.18. The first-order valence-electron chi connectivity index (χ1n) is 15.9. The predicted octanol–water partition coefficient (Wildman–Crippen LogP) is 10.5. The molecule has 216 valence electrons. The zero-order valence-electron chi connectivity index (χ0n) is 24.7. The molecule has 0 spiro atoms. The highest BCUT2D eigenvalue weighted by atomic mass is 16.7. The maximum atomic E-state index is 6.09. The van der Waals surface area contributed by atoms with E-state index in [2.05, 4.69) is 26.8 Å². The van der Waals surface area contributed by atoms with Crippen LogP contribution in [0.25, 0.3) is 0 Å². The van der Waals surface area contributed by atoms with E-state index in [0.29, 0.717) is 6.79 Å². The zero-order chi connectivity index (χ0) is 26.2. The normalized spacial score (nSPS) is 11.8. The van der Waals surface area contributed by atoms with Crippen molar-refractivity contribution < 1.29 is 18.9 Å². The van der Waals surface area contributed by atoms with Crippen LogP contribution in [0, 0.1) is 0 Å². The molecular weight excluding hydrogens is 448 g/mol. The maximum Gasteiger partial charge on any atom is 0.188 e. The monoisotopic (exact) mass is 512 g/mol. The van der Waals surface area contributed by atoms with Crippen LogP contribution in [0.1, 0.15) is 162 Å². The van der Waals surface area contributed by atoms with Crippen LogP contribution in [-0.2, 0) is 18.9 Å². The van der Waals surface area contributed by atoms with Crippen LogP contribution in [0.15, 0.2) is 12.3 Å². The largest absolute Gasteiger partial charge is 0.475 e. The van der Waals surface area contributed by atoms with Gasteiger partial charge in [-0.05, 0) is 31.8 Å². The Morgan fingerprint density at radius 1 is 0.500 bits per heavy atom. The van der Waals surface area contributed by atoms with Gasteiger partial charge in [0.1, 0.15) is 0 Å². The summed E-state index contributed by atoms with van der Waals surface area (Å²) in [6, 6.07) is 0. The average molecular weight is 513 g/mol. The van der Waals surface area contributed by atoms with Gasteiger partial charge in [0.15, 0.2) is 13.1 Å². The Labute approximate surface area is 226 Å². The van der Waals surface area contributed by atoms with Crippen LogP contribution in [-0.4, -0.2) is 32.9 Å². The number of hydrogen-bond donors (Lipinski definition) is 0. The Kier molecular flexibility index (Phi) is 31.9. The van der Waals surface area contributed by atoms with E-state index in [1.807, 2.05) is 0 Å². The minimum absolute atomic E-state index is 0.0980. The fraction of sp³-hybridized carbons (Fsp3) is 0.938. The molecule has 0 aliphatic carbocycles. The Hall–Kier alpha value is -0.580. The molecule has 0 aliphatic heterocycles. The van der Waals surface area contributed by atoms with Crippen molar-refractivity contribution in [1.29, 1.82) is 0 Å². The van der Waals surface area contributed by atoms with E-state index in [0.717, 1.165) is 51.9 Å². The summed E-state index contributed by atoms with van der Waals surface area (Å²) in [6.07, 6.45) is 31.5. The van der Waals surface area contributed by atoms with Gasteiger partial charge in [0.2, 0.25) is 0 Å². The smallest absolute Gasteiger partial charge is 0.188 e. The van der Waals surface area contributed by atoms with Crippen molar-refractivity contribution in [2.24, 2.45) is 0 Å². The summed E-state index contributed by atoms with van der Waals surface area (Å²) in [7, 11) is 0. The maximum absolute atomic E-state index is 6.09. The van der Waals surface area contributed by atoms with Crippen LogP contribution in [0.3, 0.4) is 0 Å². The van der Waals surface area contributed by atoms with E-state index in [9.17, 15) is 0 Å². The number of unbranched alkanes of at least 4 members (excludes halogenated alkanes) is 17. The molecule has 0 fully saturated rings. The van der Waals surface area contributed by atoms with Crippen molar-refractivity contribution in [3.05, 3.63) is 12.3 Å². The van der Waals surface area contributed by atoms with E-state index in [1.54, 1.807) is 6.26 Å². The quantitative estimate of drug-likeness (QED) is 0.0526. The van der Waals surface area contributed by atoms with E-state index in [1.165, 1.54) is 109 Å². The molecule has 0 saturated heterocycles. The molecule has 0 aromatic heterocycles. The fourth-order valence-electron chi connectivity index (χ4n) is 4.26. The predicted molar refractivity (Wildman–Crippen MR) is 155 cm³/mol. The summed E-state index contributed by atoms with van der Waals surface area (Å²) in [4.78, 5) is 0. The van der Waals surface area contributed by atoms with Crippen molar-refractivity contribution in [3.8, 4) is 0 Å². The Bertz CT molecular complexity index is 395. The van der Waals surface area contributed by atoms with E-state index < -0.39 is 0 Å². The highest BCUT2D eigenvalue weighted by Gasteiger charge is 2.08. The number of rotatable bonds is 31. The molecule has 0 saturated carbocycles. The lowest BCUT2D eigenvalue weighted by atomic mass is 10.1. The molecule has 0 aromatic carbocycles. The highest BCUT2D eigenvalue weighted by Crippen LogP contribution is 2.12. The lowest BCUT2D eigenvalue weighted by Gasteiger charge is -2.18. The molecular formula is C32H64O4. The molecule has 0 rings (SSSR count). The lowest BCUT2D eigenvalue weighted by molar-refractivity contribution is -0.146. The molecule has 36 heavy (non-hydrogen) atoms. The Balaban J connectivity index is 3.81. The first kappa shape index (κ1) is 35.4. The van der Waals surface area contributed by atoms with Gasteiger partial charge in [-0.2, -0.15) is 0 Å². The van der Waals surface area contributed by atoms with Crippen LogP contribution in [0.4, 0.5) is 0 Å². The zero-order valence-corrected chi connectivity index (χ0v) is 24.7.